The van der Waals surface area contributed by atoms with Gasteiger partial charge in [-0.15, -0.1) is 0 Å². The third-order valence-electron chi connectivity index (χ3n) is 4.76. The largest absolute Gasteiger partial charge is 0.462 e. The average Bonchev–Trinajstić information content (AvgIpc) is 2.95. The lowest BCUT2D eigenvalue weighted by molar-refractivity contribution is -0.511. The number of fused-ring (bicyclic) bond motifs is 5. The number of ether oxygens (including phenoxy) is 1. The minimum absolute atomic E-state index is 0.0127. The Balaban J connectivity index is 1.92. The topological polar surface area (TPSA) is 9.23 Å². The molecule has 0 aromatic heterocycles. The molecule has 23 heavy (non-hydrogen) atoms. The van der Waals surface area contributed by atoms with Crippen molar-refractivity contribution in [2.45, 2.75) is 36.4 Å². The van der Waals surface area contributed by atoms with Crippen molar-refractivity contribution in [3.8, 4) is 0 Å². The molecule has 5 atom stereocenters. The van der Waals surface area contributed by atoms with E-state index in [0.29, 0.717) is 0 Å². The first kappa shape index (κ1) is 16.8. The predicted molar refractivity (Wildman–Crippen MR) is 53.5 cm³/mol. The summed E-state index contributed by atoms with van der Waals surface area (Å²) in [6, 6.07) is 0. The van der Waals surface area contributed by atoms with E-state index >= 15 is 0 Å². The molecule has 0 saturated heterocycles. The molecule has 0 spiro atoms. The first-order chi connectivity index (χ1) is 10.2. The van der Waals surface area contributed by atoms with Gasteiger partial charge in [0.2, 0.25) is 0 Å². The second-order valence-electron chi connectivity index (χ2n) is 5.96. The van der Waals surface area contributed by atoms with Crippen molar-refractivity contribution in [3.63, 3.8) is 0 Å². The molecule has 3 aliphatic carbocycles. The first-order valence-electron chi connectivity index (χ1n) is 6.44. The Labute approximate surface area is 122 Å². The van der Waals surface area contributed by atoms with Crippen LogP contribution in [0.3, 0.4) is 0 Å². The van der Waals surface area contributed by atoms with E-state index in [0.717, 1.165) is 0 Å². The van der Waals surface area contributed by atoms with Crippen LogP contribution in [0.5, 0.6) is 0 Å². The standard InChI is InChI=1S/C12H8F10O/c13-8(14)6-4-1-2-5(3-4)7(6)9(8,15)23-12(21,22)10(16,17)11(18,19)20/h1-2,4-7H,3H2/t4-,5+,6-,7-,9+/m1/s1. The van der Waals surface area contributed by atoms with Crippen LogP contribution < -0.4 is 0 Å². The van der Waals surface area contributed by atoms with E-state index in [2.05, 4.69) is 4.74 Å². The molecule has 0 aliphatic heterocycles. The molecule has 2 saturated carbocycles. The molecule has 11 heteroatoms. The smallest absolute Gasteiger partial charge is 0.271 e. The molecule has 132 valence electrons. The minimum atomic E-state index is -6.81. The van der Waals surface area contributed by atoms with E-state index in [1.165, 1.54) is 12.2 Å². The second kappa shape index (κ2) is 4.15. The highest BCUT2D eigenvalue weighted by atomic mass is 19.4. The Kier molecular flexibility index (Phi) is 3.04. The zero-order chi connectivity index (χ0) is 17.6. The highest BCUT2D eigenvalue weighted by molar-refractivity contribution is 5.28. The Hall–Kier alpha value is -1.00. The number of hydrogen-bond acceptors (Lipinski definition) is 1. The number of halogens is 10. The Bertz CT molecular complexity index is 553. The van der Waals surface area contributed by atoms with Crippen LogP contribution in [0.1, 0.15) is 6.42 Å². The Morgan fingerprint density at radius 2 is 1.30 bits per heavy atom. The van der Waals surface area contributed by atoms with Crippen molar-refractivity contribution in [3.05, 3.63) is 12.2 Å². The van der Waals surface area contributed by atoms with E-state index < -0.39 is 53.7 Å². The van der Waals surface area contributed by atoms with Gasteiger partial charge in [-0.3, -0.25) is 4.74 Å². The Morgan fingerprint density at radius 3 is 1.78 bits per heavy atom. The SMILES string of the molecule is FC(F)(F)C(F)(F)C(F)(F)O[C@@]1(F)[C@H]2[C@@H]([C@@H]3C=C[C@H]2C3)C1(F)F. The molecule has 3 rings (SSSR count). The number of rotatable bonds is 3. The van der Waals surface area contributed by atoms with Crippen LogP contribution in [0, 0.1) is 23.7 Å². The van der Waals surface area contributed by atoms with E-state index in [1.54, 1.807) is 0 Å². The summed E-state index contributed by atoms with van der Waals surface area (Å²) in [6.45, 7) is 0. The molecule has 0 N–H and O–H groups in total. The van der Waals surface area contributed by atoms with Crippen LogP contribution in [-0.2, 0) is 4.74 Å². The number of alkyl halides is 10. The normalized spacial score (nSPS) is 41.8. The van der Waals surface area contributed by atoms with Gasteiger partial charge in [-0.2, -0.15) is 39.5 Å². The van der Waals surface area contributed by atoms with Gasteiger partial charge in [0, 0.05) is 11.8 Å². The van der Waals surface area contributed by atoms with Gasteiger partial charge in [0.1, 0.15) is 0 Å². The molecule has 1 nitrogen and oxygen atoms in total. The molecular weight excluding hydrogens is 350 g/mol. The summed E-state index contributed by atoms with van der Waals surface area (Å²) in [4.78, 5) is 0. The van der Waals surface area contributed by atoms with Crippen LogP contribution in [-0.4, -0.2) is 30.0 Å². The summed E-state index contributed by atoms with van der Waals surface area (Å²) < 4.78 is 133. The highest BCUT2D eigenvalue weighted by Gasteiger charge is 2.87. The van der Waals surface area contributed by atoms with E-state index in [4.69, 9.17) is 0 Å². The van der Waals surface area contributed by atoms with Crippen LogP contribution in [0.4, 0.5) is 43.9 Å². The van der Waals surface area contributed by atoms with Crippen molar-refractivity contribution in [2.75, 3.05) is 0 Å². The van der Waals surface area contributed by atoms with Crippen LogP contribution in [0.2, 0.25) is 0 Å². The maximum Gasteiger partial charge on any atom is 0.462 e. The third kappa shape index (κ3) is 1.79. The minimum Gasteiger partial charge on any atom is -0.271 e. The van der Waals surface area contributed by atoms with Crippen molar-refractivity contribution in [2.24, 2.45) is 23.7 Å². The molecule has 2 fully saturated rings. The van der Waals surface area contributed by atoms with Crippen molar-refractivity contribution < 1.29 is 48.6 Å². The Morgan fingerprint density at radius 1 is 0.826 bits per heavy atom. The average molecular weight is 358 g/mol. The summed E-state index contributed by atoms with van der Waals surface area (Å²) >= 11 is 0. The van der Waals surface area contributed by atoms with Gasteiger partial charge >= 0.3 is 24.1 Å². The molecule has 0 aromatic carbocycles. The molecule has 0 unspecified atom stereocenters. The van der Waals surface area contributed by atoms with Gasteiger partial charge < -0.3 is 0 Å². The summed E-state index contributed by atoms with van der Waals surface area (Å²) in [7, 11) is 0. The zero-order valence-electron chi connectivity index (χ0n) is 10.9. The summed E-state index contributed by atoms with van der Waals surface area (Å²) in [6.07, 6.45) is -10.7. The van der Waals surface area contributed by atoms with Crippen LogP contribution >= 0.6 is 0 Å². The quantitative estimate of drug-likeness (QED) is 0.532. The van der Waals surface area contributed by atoms with Gasteiger partial charge in [0.25, 0.3) is 5.85 Å². The number of hydrogen-bond donors (Lipinski definition) is 0. The van der Waals surface area contributed by atoms with Crippen molar-refractivity contribution >= 4 is 0 Å². The molecule has 0 heterocycles. The molecule has 3 aliphatic rings. The summed E-state index contributed by atoms with van der Waals surface area (Å²) in [5.41, 5.74) is 0. The lowest BCUT2D eigenvalue weighted by atomic mass is 9.60. The molecule has 2 bridgehead atoms. The lowest BCUT2D eigenvalue weighted by Crippen LogP contribution is -2.74. The van der Waals surface area contributed by atoms with E-state index in [1.807, 2.05) is 0 Å². The van der Waals surface area contributed by atoms with E-state index in [-0.39, 0.29) is 6.42 Å². The molecule has 0 radical (unpaired) electrons. The first-order valence-corrected chi connectivity index (χ1v) is 6.44. The van der Waals surface area contributed by atoms with Gasteiger partial charge in [0.05, 0.1) is 0 Å². The third-order valence-corrected chi connectivity index (χ3v) is 4.76. The van der Waals surface area contributed by atoms with Gasteiger partial charge in [-0.25, -0.2) is 4.39 Å². The molecule has 0 aromatic rings. The van der Waals surface area contributed by atoms with Gasteiger partial charge in [-0.1, -0.05) is 12.2 Å². The molecule has 0 amide bonds. The van der Waals surface area contributed by atoms with E-state index in [9.17, 15) is 43.9 Å². The fourth-order valence-corrected chi connectivity index (χ4v) is 3.73. The maximum atomic E-state index is 14.3. The second-order valence-corrected chi connectivity index (χ2v) is 5.96. The van der Waals surface area contributed by atoms with Crippen LogP contribution in [0.15, 0.2) is 12.2 Å². The summed E-state index contributed by atoms with van der Waals surface area (Å²) in [5.74, 6) is -21.4. The van der Waals surface area contributed by atoms with Gasteiger partial charge in [0.15, 0.2) is 0 Å². The monoisotopic (exact) mass is 358 g/mol. The lowest BCUT2D eigenvalue weighted by Gasteiger charge is -2.56. The number of allylic oxidation sites excluding steroid dienone is 2. The van der Waals surface area contributed by atoms with Crippen molar-refractivity contribution in [1.82, 2.24) is 0 Å². The van der Waals surface area contributed by atoms with Crippen LogP contribution in [0.25, 0.3) is 0 Å². The maximum absolute atomic E-state index is 14.3. The molecular formula is C12H8F10O. The fraction of sp³-hybridized carbons (Fsp3) is 0.833. The predicted octanol–water partition coefficient (Wildman–Crippen LogP) is 4.55. The fourth-order valence-electron chi connectivity index (χ4n) is 3.73. The summed E-state index contributed by atoms with van der Waals surface area (Å²) in [5, 5.41) is 0. The van der Waals surface area contributed by atoms with Crippen molar-refractivity contribution in [1.29, 1.82) is 0 Å². The van der Waals surface area contributed by atoms with Gasteiger partial charge in [-0.05, 0) is 18.3 Å². The highest BCUT2D eigenvalue weighted by Crippen LogP contribution is 2.72. The zero-order valence-corrected chi connectivity index (χ0v) is 10.9.